The molecular formula is C16H11NO5. The number of fused-ring (bicyclic) bond motifs is 2. The molecule has 0 bridgehead atoms. The SMILES string of the molecule is O=C(ON1C(=O)c2ccccc2C1=O)c1occ2c1CCC2. The summed E-state index contributed by atoms with van der Waals surface area (Å²) in [4.78, 5) is 41.5. The summed E-state index contributed by atoms with van der Waals surface area (Å²) in [6, 6.07) is 6.34. The van der Waals surface area contributed by atoms with E-state index in [-0.39, 0.29) is 16.9 Å². The minimum Gasteiger partial charge on any atom is -0.457 e. The van der Waals surface area contributed by atoms with Crippen LogP contribution in [0.15, 0.2) is 34.9 Å². The van der Waals surface area contributed by atoms with Crippen LogP contribution in [0.3, 0.4) is 0 Å². The fourth-order valence-electron chi connectivity index (χ4n) is 2.90. The van der Waals surface area contributed by atoms with Crippen LogP contribution in [0.5, 0.6) is 0 Å². The Kier molecular flexibility index (Phi) is 2.66. The van der Waals surface area contributed by atoms with E-state index < -0.39 is 17.8 Å². The summed E-state index contributed by atoms with van der Waals surface area (Å²) in [6.07, 6.45) is 4.08. The highest BCUT2D eigenvalue weighted by Gasteiger charge is 2.39. The fourth-order valence-corrected chi connectivity index (χ4v) is 2.90. The average molecular weight is 297 g/mol. The van der Waals surface area contributed by atoms with Gasteiger partial charge in [0.15, 0.2) is 0 Å². The molecule has 1 aliphatic carbocycles. The van der Waals surface area contributed by atoms with E-state index >= 15 is 0 Å². The van der Waals surface area contributed by atoms with Crippen LogP contribution >= 0.6 is 0 Å². The van der Waals surface area contributed by atoms with Crippen molar-refractivity contribution in [1.82, 2.24) is 5.06 Å². The zero-order chi connectivity index (χ0) is 15.3. The third kappa shape index (κ3) is 1.70. The van der Waals surface area contributed by atoms with Crippen LogP contribution in [-0.2, 0) is 17.7 Å². The van der Waals surface area contributed by atoms with Gasteiger partial charge in [-0.05, 0) is 37.0 Å². The molecule has 1 aliphatic heterocycles. The number of imide groups is 1. The van der Waals surface area contributed by atoms with Crippen molar-refractivity contribution in [1.29, 1.82) is 0 Å². The first-order valence-corrected chi connectivity index (χ1v) is 6.96. The Morgan fingerprint density at radius 1 is 1.09 bits per heavy atom. The van der Waals surface area contributed by atoms with Gasteiger partial charge in [0.25, 0.3) is 11.8 Å². The molecule has 2 aromatic rings. The summed E-state index contributed by atoms with van der Waals surface area (Å²) in [6.45, 7) is 0. The van der Waals surface area contributed by atoms with Crippen molar-refractivity contribution in [2.45, 2.75) is 19.3 Å². The Bertz CT molecular complexity index is 785. The van der Waals surface area contributed by atoms with Gasteiger partial charge in [-0.2, -0.15) is 0 Å². The van der Waals surface area contributed by atoms with Gasteiger partial charge in [-0.15, -0.1) is 0 Å². The van der Waals surface area contributed by atoms with Crippen molar-refractivity contribution >= 4 is 17.8 Å². The first-order valence-electron chi connectivity index (χ1n) is 6.96. The Hall–Kier alpha value is -2.89. The van der Waals surface area contributed by atoms with E-state index in [4.69, 9.17) is 9.25 Å². The maximum Gasteiger partial charge on any atom is 0.399 e. The van der Waals surface area contributed by atoms with Gasteiger partial charge < -0.3 is 9.25 Å². The summed E-state index contributed by atoms with van der Waals surface area (Å²) in [5, 5.41) is 0.497. The van der Waals surface area contributed by atoms with E-state index in [1.54, 1.807) is 12.1 Å². The van der Waals surface area contributed by atoms with Gasteiger partial charge in [0.05, 0.1) is 17.4 Å². The van der Waals surface area contributed by atoms with Crippen molar-refractivity contribution in [2.75, 3.05) is 0 Å². The lowest BCUT2D eigenvalue weighted by atomic mass is 10.1. The van der Waals surface area contributed by atoms with Crippen molar-refractivity contribution in [3.05, 3.63) is 58.5 Å². The van der Waals surface area contributed by atoms with Crippen molar-refractivity contribution < 1.29 is 23.6 Å². The number of hydrogen-bond acceptors (Lipinski definition) is 5. The molecule has 4 rings (SSSR count). The number of hydrogen-bond donors (Lipinski definition) is 0. The van der Waals surface area contributed by atoms with Crippen molar-refractivity contribution in [2.24, 2.45) is 0 Å². The number of nitrogens with zero attached hydrogens (tertiary/aromatic N) is 1. The molecule has 0 atom stereocenters. The van der Waals surface area contributed by atoms with Gasteiger partial charge in [-0.3, -0.25) is 9.59 Å². The normalized spacial score (nSPS) is 15.9. The summed E-state index contributed by atoms with van der Waals surface area (Å²) >= 11 is 0. The molecule has 0 saturated heterocycles. The Morgan fingerprint density at radius 2 is 1.77 bits per heavy atom. The molecule has 22 heavy (non-hydrogen) atoms. The highest BCUT2D eigenvalue weighted by Crippen LogP contribution is 2.29. The molecule has 1 aromatic heterocycles. The first kappa shape index (κ1) is 12.8. The summed E-state index contributed by atoms with van der Waals surface area (Å²) in [7, 11) is 0. The van der Waals surface area contributed by atoms with E-state index in [1.165, 1.54) is 18.4 Å². The number of amides is 2. The van der Waals surface area contributed by atoms with Crippen LogP contribution in [0.2, 0.25) is 0 Å². The standard InChI is InChI=1S/C16H11NO5/c18-14-11-5-1-2-6-12(11)15(19)17(14)22-16(20)13-10-7-3-4-9(10)8-21-13/h1-2,5-6,8H,3-4,7H2. The van der Waals surface area contributed by atoms with Crippen LogP contribution in [0.25, 0.3) is 0 Å². The molecule has 0 fully saturated rings. The molecular weight excluding hydrogens is 286 g/mol. The Morgan fingerprint density at radius 3 is 2.45 bits per heavy atom. The van der Waals surface area contributed by atoms with Crippen LogP contribution in [0, 0.1) is 0 Å². The second-order valence-corrected chi connectivity index (χ2v) is 5.25. The van der Waals surface area contributed by atoms with E-state index in [9.17, 15) is 14.4 Å². The van der Waals surface area contributed by atoms with Gasteiger partial charge >= 0.3 is 5.97 Å². The first-order chi connectivity index (χ1) is 10.7. The van der Waals surface area contributed by atoms with Gasteiger partial charge in [0, 0.05) is 5.56 Å². The Balaban J connectivity index is 1.61. The summed E-state index contributed by atoms with van der Waals surface area (Å²) in [5.41, 5.74) is 2.24. The minimum absolute atomic E-state index is 0.0732. The van der Waals surface area contributed by atoms with Crippen LogP contribution in [0.4, 0.5) is 0 Å². The van der Waals surface area contributed by atoms with Crippen LogP contribution in [0.1, 0.15) is 48.8 Å². The van der Waals surface area contributed by atoms with E-state index in [0.29, 0.717) is 5.06 Å². The van der Waals surface area contributed by atoms with Gasteiger partial charge in [0.2, 0.25) is 5.76 Å². The topological polar surface area (TPSA) is 76.8 Å². The van der Waals surface area contributed by atoms with Crippen LogP contribution < -0.4 is 0 Å². The van der Waals surface area contributed by atoms with Gasteiger partial charge in [-0.25, -0.2) is 4.79 Å². The third-order valence-corrected chi connectivity index (χ3v) is 3.97. The molecule has 2 aliphatic rings. The predicted octanol–water partition coefficient (Wildman–Crippen LogP) is 2.14. The Labute approximate surface area is 125 Å². The quantitative estimate of drug-likeness (QED) is 0.794. The van der Waals surface area contributed by atoms with Crippen molar-refractivity contribution in [3.8, 4) is 0 Å². The third-order valence-electron chi connectivity index (χ3n) is 3.97. The molecule has 0 unspecified atom stereocenters. The van der Waals surface area contributed by atoms with E-state index in [1.807, 2.05) is 0 Å². The number of furan rings is 1. The molecule has 6 nitrogen and oxygen atoms in total. The van der Waals surface area contributed by atoms with E-state index in [2.05, 4.69) is 0 Å². The zero-order valence-corrected chi connectivity index (χ0v) is 11.5. The van der Waals surface area contributed by atoms with Crippen molar-refractivity contribution in [3.63, 3.8) is 0 Å². The number of hydroxylamine groups is 2. The smallest absolute Gasteiger partial charge is 0.399 e. The largest absolute Gasteiger partial charge is 0.457 e. The molecule has 0 spiro atoms. The second kappa shape index (κ2) is 4.56. The fraction of sp³-hybridized carbons (Fsp3) is 0.188. The highest BCUT2D eigenvalue weighted by molar-refractivity contribution is 6.21. The monoisotopic (exact) mass is 297 g/mol. The lowest BCUT2D eigenvalue weighted by molar-refractivity contribution is -0.0604. The average Bonchev–Trinajstić information content (AvgIpc) is 3.18. The summed E-state index contributed by atoms with van der Waals surface area (Å²) < 4.78 is 5.23. The molecule has 110 valence electrons. The second-order valence-electron chi connectivity index (χ2n) is 5.25. The maximum atomic E-state index is 12.2. The molecule has 2 amide bonds. The molecule has 0 radical (unpaired) electrons. The number of carbonyl (C=O) groups is 3. The lowest BCUT2D eigenvalue weighted by Crippen LogP contribution is -2.32. The summed E-state index contributed by atoms with van der Waals surface area (Å²) in [5.74, 6) is -2.03. The molecule has 6 heteroatoms. The van der Waals surface area contributed by atoms with E-state index in [0.717, 1.165) is 30.4 Å². The maximum absolute atomic E-state index is 12.2. The number of aryl methyl sites for hydroxylation is 1. The highest BCUT2D eigenvalue weighted by atomic mass is 16.7. The lowest BCUT2D eigenvalue weighted by Gasteiger charge is -2.11. The minimum atomic E-state index is -0.822. The zero-order valence-electron chi connectivity index (χ0n) is 11.5. The molecule has 0 N–H and O–H groups in total. The molecule has 1 aromatic carbocycles. The molecule has 2 heterocycles. The number of benzene rings is 1. The van der Waals surface area contributed by atoms with Gasteiger partial charge in [0.1, 0.15) is 0 Å². The molecule has 0 saturated carbocycles. The number of carbonyl (C=O) groups excluding carboxylic acids is 3. The number of rotatable bonds is 2. The van der Waals surface area contributed by atoms with Crippen LogP contribution in [-0.4, -0.2) is 22.8 Å². The predicted molar refractivity (Wildman–Crippen MR) is 73.1 cm³/mol. The van der Waals surface area contributed by atoms with Gasteiger partial charge in [-0.1, -0.05) is 17.2 Å².